The van der Waals surface area contributed by atoms with E-state index in [4.69, 9.17) is 9.15 Å². The fourth-order valence-electron chi connectivity index (χ4n) is 1.30. The van der Waals surface area contributed by atoms with E-state index >= 15 is 0 Å². The molecule has 4 nitrogen and oxygen atoms in total. The molecule has 1 aromatic heterocycles. The Balaban J connectivity index is 2.00. The van der Waals surface area contributed by atoms with Gasteiger partial charge in [0.05, 0.1) is 11.8 Å². The number of ether oxygens (including phenoxy) is 1. The Labute approximate surface area is 97.5 Å². The van der Waals surface area contributed by atoms with Crippen LogP contribution in [0.1, 0.15) is 16.1 Å². The largest absolute Gasteiger partial charge is 0.465 e. The monoisotopic (exact) mass is 230 g/mol. The Kier molecular flexibility index (Phi) is 3.35. The normalized spacial score (nSPS) is 9.88. The zero-order chi connectivity index (χ0) is 12.1. The van der Waals surface area contributed by atoms with E-state index in [2.05, 4.69) is 0 Å². The Morgan fingerprint density at radius 3 is 2.65 bits per heavy atom. The maximum absolute atomic E-state index is 11.6. The SMILES string of the molecule is O=C(OCc1cc(=O)cco1)c1ccccc1. The molecule has 2 rings (SSSR count). The maximum Gasteiger partial charge on any atom is 0.338 e. The van der Waals surface area contributed by atoms with Crippen LogP contribution in [0.2, 0.25) is 0 Å². The molecule has 0 unspecified atom stereocenters. The number of hydrogen-bond acceptors (Lipinski definition) is 4. The van der Waals surface area contributed by atoms with Gasteiger partial charge in [0.25, 0.3) is 0 Å². The highest BCUT2D eigenvalue weighted by Crippen LogP contribution is 2.04. The number of carbonyl (C=O) groups is 1. The highest BCUT2D eigenvalue weighted by atomic mass is 16.5. The summed E-state index contributed by atoms with van der Waals surface area (Å²) in [4.78, 5) is 22.6. The van der Waals surface area contributed by atoms with Crippen molar-refractivity contribution in [1.29, 1.82) is 0 Å². The standard InChI is InChI=1S/C13H10O4/c14-11-6-7-16-12(8-11)9-17-13(15)10-4-2-1-3-5-10/h1-8H,9H2. The van der Waals surface area contributed by atoms with Crippen LogP contribution in [-0.2, 0) is 11.3 Å². The molecule has 4 heteroatoms. The topological polar surface area (TPSA) is 56.5 Å². The summed E-state index contributed by atoms with van der Waals surface area (Å²) in [5.74, 6) is -0.126. The smallest absolute Gasteiger partial charge is 0.338 e. The molecule has 0 N–H and O–H groups in total. The first kappa shape index (κ1) is 11.1. The van der Waals surface area contributed by atoms with Crippen molar-refractivity contribution in [2.24, 2.45) is 0 Å². The van der Waals surface area contributed by atoms with Crippen molar-refractivity contribution in [2.45, 2.75) is 6.61 Å². The van der Waals surface area contributed by atoms with E-state index in [0.717, 1.165) is 0 Å². The van der Waals surface area contributed by atoms with E-state index < -0.39 is 5.97 Å². The third-order valence-corrected chi connectivity index (χ3v) is 2.11. The van der Waals surface area contributed by atoms with Crippen LogP contribution in [0.3, 0.4) is 0 Å². The molecule has 0 fully saturated rings. The van der Waals surface area contributed by atoms with Gasteiger partial charge in [-0.05, 0) is 12.1 Å². The third-order valence-electron chi connectivity index (χ3n) is 2.11. The van der Waals surface area contributed by atoms with Gasteiger partial charge >= 0.3 is 5.97 Å². The number of benzene rings is 1. The minimum absolute atomic E-state index is 0.0518. The second kappa shape index (κ2) is 5.12. The molecule has 0 amide bonds. The number of esters is 1. The predicted molar refractivity (Wildman–Crippen MR) is 60.5 cm³/mol. The molecule has 17 heavy (non-hydrogen) atoms. The number of rotatable bonds is 3. The molecule has 0 aliphatic carbocycles. The van der Waals surface area contributed by atoms with Gasteiger partial charge in [-0.1, -0.05) is 18.2 Å². The summed E-state index contributed by atoms with van der Waals surface area (Å²) in [6.07, 6.45) is 1.27. The molecule has 0 aliphatic rings. The van der Waals surface area contributed by atoms with E-state index in [1.54, 1.807) is 24.3 Å². The predicted octanol–water partition coefficient (Wildman–Crippen LogP) is 2.00. The zero-order valence-corrected chi connectivity index (χ0v) is 8.96. The first-order valence-electron chi connectivity index (χ1n) is 5.05. The molecular formula is C13H10O4. The highest BCUT2D eigenvalue weighted by molar-refractivity contribution is 5.89. The molecule has 0 aliphatic heterocycles. The molecule has 1 aromatic carbocycles. The molecule has 1 heterocycles. The summed E-state index contributed by atoms with van der Waals surface area (Å²) in [7, 11) is 0. The van der Waals surface area contributed by atoms with Gasteiger partial charge in [0.2, 0.25) is 0 Å². The van der Waals surface area contributed by atoms with E-state index in [0.29, 0.717) is 11.3 Å². The molecule has 86 valence electrons. The molecule has 0 spiro atoms. The fraction of sp³-hybridized carbons (Fsp3) is 0.0769. The quantitative estimate of drug-likeness (QED) is 0.757. The van der Waals surface area contributed by atoms with E-state index in [1.165, 1.54) is 18.4 Å². The average molecular weight is 230 g/mol. The molecule has 0 atom stereocenters. The lowest BCUT2D eigenvalue weighted by Gasteiger charge is -2.03. The lowest BCUT2D eigenvalue weighted by atomic mass is 10.2. The van der Waals surface area contributed by atoms with Gasteiger partial charge in [0.15, 0.2) is 5.43 Å². The maximum atomic E-state index is 11.6. The van der Waals surface area contributed by atoms with Gasteiger partial charge in [-0.25, -0.2) is 4.79 Å². The minimum atomic E-state index is -0.447. The number of carbonyl (C=O) groups excluding carboxylic acids is 1. The van der Waals surface area contributed by atoms with Crippen molar-refractivity contribution in [3.63, 3.8) is 0 Å². The average Bonchev–Trinajstić information content (AvgIpc) is 2.37. The van der Waals surface area contributed by atoms with Crippen molar-refractivity contribution >= 4 is 5.97 Å². The van der Waals surface area contributed by atoms with Crippen LogP contribution in [0, 0.1) is 0 Å². The van der Waals surface area contributed by atoms with Crippen LogP contribution in [0.4, 0.5) is 0 Å². The highest BCUT2D eigenvalue weighted by Gasteiger charge is 2.07. The Bertz CT molecular complexity index is 557. The van der Waals surface area contributed by atoms with E-state index in [1.807, 2.05) is 6.07 Å². The van der Waals surface area contributed by atoms with Crippen LogP contribution >= 0.6 is 0 Å². The van der Waals surface area contributed by atoms with Crippen LogP contribution < -0.4 is 5.43 Å². The molecular weight excluding hydrogens is 220 g/mol. The molecule has 2 aromatic rings. The summed E-state index contributed by atoms with van der Waals surface area (Å²) in [6.45, 7) is -0.0518. The van der Waals surface area contributed by atoms with E-state index in [9.17, 15) is 9.59 Å². The van der Waals surface area contributed by atoms with Gasteiger partial charge in [-0.2, -0.15) is 0 Å². The molecule has 0 saturated carbocycles. The van der Waals surface area contributed by atoms with Crippen LogP contribution in [0.25, 0.3) is 0 Å². The number of hydrogen-bond donors (Lipinski definition) is 0. The zero-order valence-electron chi connectivity index (χ0n) is 8.96. The van der Waals surface area contributed by atoms with Crippen LogP contribution in [0.5, 0.6) is 0 Å². The molecule has 0 saturated heterocycles. The summed E-state index contributed by atoms with van der Waals surface area (Å²) in [6, 6.07) is 11.2. The first-order chi connectivity index (χ1) is 8.25. The minimum Gasteiger partial charge on any atom is -0.465 e. The van der Waals surface area contributed by atoms with Gasteiger partial charge < -0.3 is 9.15 Å². The van der Waals surface area contributed by atoms with Crippen LogP contribution in [-0.4, -0.2) is 5.97 Å². The van der Waals surface area contributed by atoms with Crippen LogP contribution in [0.15, 0.2) is 57.9 Å². The molecule has 0 radical (unpaired) electrons. The lowest BCUT2D eigenvalue weighted by molar-refractivity contribution is 0.0443. The van der Waals surface area contributed by atoms with Crippen molar-refractivity contribution in [2.75, 3.05) is 0 Å². The second-order valence-electron chi connectivity index (χ2n) is 3.38. The Morgan fingerprint density at radius 1 is 1.18 bits per heavy atom. The molecule has 0 bridgehead atoms. The summed E-state index contributed by atoms with van der Waals surface area (Å²) in [5, 5.41) is 0. The van der Waals surface area contributed by atoms with Crippen molar-refractivity contribution in [3.05, 3.63) is 70.3 Å². The van der Waals surface area contributed by atoms with Gasteiger partial charge in [-0.3, -0.25) is 4.79 Å². The third kappa shape index (κ3) is 3.04. The lowest BCUT2D eigenvalue weighted by Crippen LogP contribution is -2.06. The fourth-order valence-corrected chi connectivity index (χ4v) is 1.30. The summed E-state index contributed by atoms with van der Waals surface area (Å²) < 4.78 is 10.0. The summed E-state index contributed by atoms with van der Waals surface area (Å²) >= 11 is 0. The second-order valence-corrected chi connectivity index (χ2v) is 3.38. The first-order valence-corrected chi connectivity index (χ1v) is 5.05. The van der Waals surface area contributed by atoms with E-state index in [-0.39, 0.29) is 12.0 Å². The van der Waals surface area contributed by atoms with Gasteiger partial charge in [0.1, 0.15) is 12.4 Å². The van der Waals surface area contributed by atoms with Gasteiger partial charge in [0, 0.05) is 12.1 Å². The van der Waals surface area contributed by atoms with Gasteiger partial charge in [-0.15, -0.1) is 0 Å². The van der Waals surface area contributed by atoms with Crippen molar-refractivity contribution < 1.29 is 13.9 Å². The summed E-state index contributed by atoms with van der Waals surface area (Å²) in [5.41, 5.74) is 0.285. The Hall–Kier alpha value is -2.36. The van der Waals surface area contributed by atoms with Crippen molar-refractivity contribution in [1.82, 2.24) is 0 Å². The Morgan fingerprint density at radius 2 is 1.94 bits per heavy atom. The van der Waals surface area contributed by atoms with Crippen molar-refractivity contribution in [3.8, 4) is 0 Å².